The number of hydrogen-bond acceptors (Lipinski definition) is 3. The van der Waals surface area contributed by atoms with Crippen molar-refractivity contribution in [3.05, 3.63) is 265 Å². The van der Waals surface area contributed by atoms with E-state index in [-0.39, 0.29) is 16.6 Å². The summed E-state index contributed by atoms with van der Waals surface area (Å²) in [6.45, 7) is 8.97. The van der Waals surface area contributed by atoms with Crippen molar-refractivity contribution in [2.45, 2.75) is 70.6 Å². The Kier molecular flexibility index (Phi) is 12.9. The Hall–Kier alpha value is -8.60. The molecule has 0 unspecified atom stereocenters. The van der Waals surface area contributed by atoms with Crippen LogP contribution in [0.25, 0.3) is 83.9 Å². The minimum atomic E-state index is -0.335. The van der Waals surface area contributed by atoms with E-state index in [1.54, 1.807) is 0 Å². The Bertz CT molecular complexity index is 3790. The van der Waals surface area contributed by atoms with Gasteiger partial charge in [0.15, 0.2) is 0 Å². The van der Waals surface area contributed by atoms with Crippen molar-refractivity contribution in [1.29, 1.82) is 0 Å². The number of phenolic OH excluding ortho intramolecular Hbond substituents is 1. The van der Waals surface area contributed by atoms with Crippen LogP contribution in [0, 0.1) is 5.92 Å². The van der Waals surface area contributed by atoms with E-state index in [0.29, 0.717) is 17.3 Å². The van der Waals surface area contributed by atoms with Crippen LogP contribution < -0.4 is 0 Å². The molecule has 1 aliphatic carbocycles. The number of rotatable bonds is 12. The number of pyridine rings is 1. The highest BCUT2D eigenvalue weighted by molar-refractivity contribution is 5.98. The van der Waals surface area contributed by atoms with Gasteiger partial charge >= 0.3 is 0 Å². The third-order valence-corrected chi connectivity index (χ3v) is 16.1. The maximum atomic E-state index is 11.9. The van der Waals surface area contributed by atoms with E-state index in [0.717, 1.165) is 84.5 Å². The zero-order chi connectivity index (χ0) is 51.8. The van der Waals surface area contributed by atoms with Crippen molar-refractivity contribution in [2.75, 3.05) is 0 Å². The maximum Gasteiger partial charge on any atom is 0.149 e. The van der Waals surface area contributed by atoms with Gasteiger partial charge in [0.1, 0.15) is 11.6 Å². The fourth-order valence-corrected chi connectivity index (χ4v) is 11.8. The molecular formula is C72H63N3O. The van der Waals surface area contributed by atoms with Gasteiger partial charge in [0.25, 0.3) is 0 Å². The van der Waals surface area contributed by atoms with E-state index in [1.165, 1.54) is 47.9 Å². The summed E-state index contributed by atoms with van der Waals surface area (Å²) in [5.41, 5.74) is 19.9. The number of benzene rings is 9. The van der Waals surface area contributed by atoms with E-state index in [2.05, 4.69) is 251 Å². The van der Waals surface area contributed by atoms with Gasteiger partial charge in [-0.3, -0.25) is 9.55 Å². The highest BCUT2D eigenvalue weighted by Gasteiger charge is 2.31. The number of nitrogens with zero attached hydrogens (tertiary/aromatic N) is 3. The van der Waals surface area contributed by atoms with E-state index in [1.807, 2.05) is 18.3 Å². The molecule has 76 heavy (non-hydrogen) atoms. The molecule has 9 aromatic carbocycles. The van der Waals surface area contributed by atoms with Crippen LogP contribution in [-0.4, -0.2) is 19.6 Å². The largest absolute Gasteiger partial charge is 0.507 e. The van der Waals surface area contributed by atoms with Crippen molar-refractivity contribution < 1.29 is 5.11 Å². The second-order valence-corrected chi connectivity index (χ2v) is 22.0. The summed E-state index contributed by atoms with van der Waals surface area (Å²) < 4.78 is 2.29. The second kappa shape index (κ2) is 20.3. The number of imidazole rings is 1. The first kappa shape index (κ1) is 48.3. The second-order valence-electron chi connectivity index (χ2n) is 22.0. The standard InChI is InChI=1S/C72H63N3O/c1-71(2,3)61-37-39-68(76)64(48-61)70-74-69-62(30-19-31-67(69)75(70)66-38-32-50(42-49-20-17-18-21-49)43-63(66)53-24-11-6-12-25-53)56-44-55(51-22-9-5-10-23-51)45-57(46-56)65-47-54(40-41-73-65)52-33-35-60(36-34-52)72(4,58-26-13-7-14-27-58)59-28-15-8-16-29-59/h5-16,19,22-41,43-49,76H,17-18,20-21,42H2,1-4H3. The molecule has 1 saturated carbocycles. The molecular weight excluding hydrogens is 923 g/mol. The molecule has 11 aromatic rings. The topological polar surface area (TPSA) is 50.9 Å². The van der Waals surface area contributed by atoms with Crippen molar-refractivity contribution in [2.24, 2.45) is 5.92 Å². The van der Waals surface area contributed by atoms with E-state index in [9.17, 15) is 5.11 Å². The van der Waals surface area contributed by atoms with Crippen LogP contribution in [0.3, 0.4) is 0 Å². The summed E-state index contributed by atoms with van der Waals surface area (Å²) in [6.07, 6.45) is 8.22. The average molecular weight is 986 g/mol. The predicted molar refractivity (Wildman–Crippen MR) is 316 cm³/mol. The van der Waals surface area contributed by atoms with Gasteiger partial charge in [0.05, 0.1) is 28.0 Å². The smallest absolute Gasteiger partial charge is 0.149 e. The Balaban J connectivity index is 1.02. The molecule has 0 atom stereocenters. The van der Waals surface area contributed by atoms with E-state index >= 15 is 0 Å². The van der Waals surface area contributed by atoms with Crippen LogP contribution in [0.2, 0.25) is 0 Å². The van der Waals surface area contributed by atoms with E-state index in [4.69, 9.17) is 9.97 Å². The number of aromatic nitrogens is 3. The van der Waals surface area contributed by atoms with Crippen molar-refractivity contribution in [3.63, 3.8) is 0 Å². The zero-order valence-electron chi connectivity index (χ0n) is 43.9. The Morgan fingerprint density at radius 3 is 1.72 bits per heavy atom. The lowest BCUT2D eigenvalue weighted by Crippen LogP contribution is -2.25. The van der Waals surface area contributed by atoms with Gasteiger partial charge in [0.2, 0.25) is 0 Å². The number of phenols is 1. The van der Waals surface area contributed by atoms with Crippen LogP contribution >= 0.6 is 0 Å². The fraction of sp³-hybridized carbons (Fsp3) is 0.167. The first-order chi connectivity index (χ1) is 37.1. The zero-order valence-corrected chi connectivity index (χ0v) is 43.9. The lowest BCUT2D eigenvalue weighted by molar-refractivity contribution is 0.475. The molecule has 0 radical (unpaired) electrons. The molecule has 1 aliphatic rings. The van der Waals surface area contributed by atoms with Gasteiger partial charge in [-0.2, -0.15) is 0 Å². The molecule has 1 fully saturated rings. The molecule has 4 nitrogen and oxygen atoms in total. The van der Waals surface area contributed by atoms with Crippen LogP contribution in [0.1, 0.15) is 81.2 Å². The molecule has 0 saturated heterocycles. The molecule has 1 N–H and O–H groups in total. The van der Waals surface area contributed by atoms with Crippen LogP contribution in [0.4, 0.5) is 0 Å². The van der Waals surface area contributed by atoms with Crippen molar-refractivity contribution >= 4 is 11.0 Å². The monoisotopic (exact) mass is 985 g/mol. The fourth-order valence-electron chi connectivity index (χ4n) is 11.8. The molecule has 12 rings (SSSR count). The number of aromatic hydroxyl groups is 1. The van der Waals surface area contributed by atoms with Gasteiger partial charge in [-0.25, -0.2) is 4.98 Å². The Labute approximate surface area is 448 Å². The summed E-state index contributed by atoms with van der Waals surface area (Å²) in [7, 11) is 0. The van der Waals surface area contributed by atoms with Crippen molar-refractivity contribution in [1.82, 2.24) is 14.5 Å². The van der Waals surface area contributed by atoms with Gasteiger partial charge in [-0.05, 0) is 147 Å². The van der Waals surface area contributed by atoms with Gasteiger partial charge < -0.3 is 5.11 Å². The third-order valence-electron chi connectivity index (χ3n) is 16.1. The molecule has 0 spiro atoms. The van der Waals surface area contributed by atoms with Crippen LogP contribution in [0.15, 0.2) is 237 Å². The summed E-state index contributed by atoms with van der Waals surface area (Å²) >= 11 is 0. The SMILES string of the molecule is CC(C)(C)c1ccc(O)c(-c2nc3c(-c4cc(-c5ccccc5)cc(-c5cc(-c6ccc(C(C)(c7ccccc7)c7ccccc7)cc6)ccn5)c4)cccc3n2-c2ccc(CC3CCCC3)cc2-c2ccccc2)c1. The van der Waals surface area contributed by atoms with Gasteiger partial charge in [-0.15, -0.1) is 0 Å². The maximum absolute atomic E-state index is 11.9. The first-order valence-electron chi connectivity index (χ1n) is 27.0. The quantitative estimate of drug-likeness (QED) is 0.124. The number of fused-ring (bicyclic) bond motifs is 1. The Morgan fingerprint density at radius 1 is 0.461 bits per heavy atom. The summed E-state index contributed by atoms with van der Waals surface area (Å²) in [4.78, 5) is 10.7. The summed E-state index contributed by atoms with van der Waals surface area (Å²) in [5.74, 6) is 1.60. The molecule has 4 heteroatoms. The van der Waals surface area contributed by atoms with Gasteiger partial charge in [-0.1, -0.05) is 216 Å². The third kappa shape index (κ3) is 9.34. The molecule has 0 aliphatic heterocycles. The first-order valence-corrected chi connectivity index (χ1v) is 27.0. The number of para-hydroxylation sites is 1. The highest BCUT2D eigenvalue weighted by atomic mass is 16.3. The minimum absolute atomic E-state index is 0.156. The minimum Gasteiger partial charge on any atom is -0.507 e. The summed E-state index contributed by atoms with van der Waals surface area (Å²) in [5, 5.41) is 11.9. The predicted octanol–water partition coefficient (Wildman–Crippen LogP) is 18.5. The molecule has 0 bridgehead atoms. The average Bonchev–Trinajstić information content (AvgIpc) is 4.17. The normalized spacial score (nSPS) is 13.1. The lowest BCUT2D eigenvalue weighted by Gasteiger charge is -2.32. The molecule has 2 heterocycles. The highest BCUT2D eigenvalue weighted by Crippen LogP contribution is 2.44. The van der Waals surface area contributed by atoms with Gasteiger partial charge in [0, 0.05) is 28.3 Å². The Morgan fingerprint density at radius 2 is 1.05 bits per heavy atom. The summed E-state index contributed by atoms with van der Waals surface area (Å²) in [6, 6.07) is 82.7. The van der Waals surface area contributed by atoms with Crippen LogP contribution in [-0.2, 0) is 17.3 Å². The molecule has 0 amide bonds. The molecule has 372 valence electrons. The van der Waals surface area contributed by atoms with Crippen molar-refractivity contribution in [3.8, 4) is 78.6 Å². The van der Waals surface area contributed by atoms with Crippen LogP contribution in [0.5, 0.6) is 5.75 Å². The number of hydrogen-bond donors (Lipinski definition) is 1. The molecule has 2 aromatic heterocycles. The lowest BCUT2D eigenvalue weighted by atomic mass is 9.71. The van der Waals surface area contributed by atoms with E-state index < -0.39 is 0 Å².